The number of ether oxygens (including phenoxy) is 1. The van der Waals surface area contributed by atoms with Crippen LogP contribution in [-0.2, 0) is 4.79 Å². The molecule has 1 aromatic carbocycles. The fourth-order valence-corrected chi connectivity index (χ4v) is 4.40. The molecule has 1 atom stereocenters. The molecule has 0 radical (unpaired) electrons. The molecule has 1 amide bonds. The van der Waals surface area contributed by atoms with Crippen molar-refractivity contribution in [1.29, 1.82) is 0 Å². The molecule has 3 N–H and O–H groups in total. The lowest BCUT2D eigenvalue weighted by Gasteiger charge is -2.32. The van der Waals surface area contributed by atoms with Gasteiger partial charge in [-0.25, -0.2) is 10.1 Å². The number of H-pyrrole nitrogens is 1. The highest BCUT2D eigenvalue weighted by Crippen LogP contribution is 2.34. The van der Waals surface area contributed by atoms with E-state index in [0.29, 0.717) is 41.3 Å². The van der Waals surface area contributed by atoms with Crippen molar-refractivity contribution in [2.75, 3.05) is 18.8 Å². The van der Waals surface area contributed by atoms with Crippen LogP contribution in [0.1, 0.15) is 31.5 Å². The molecule has 0 unspecified atom stereocenters. The average molecular weight is 460 g/mol. The third-order valence-corrected chi connectivity index (χ3v) is 6.06. The minimum Gasteiger partial charge on any atom is -0.439 e. The summed E-state index contributed by atoms with van der Waals surface area (Å²) >= 11 is 0. The number of amides is 1. The van der Waals surface area contributed by atoms with Crippen LogP contribution in [0.3, 0.4) is 0 Å². The maximum absolute atomic E-state index is 12.8. The number of hydrogen-bond donors (Lipinski definition) is 2. The third kappa shape index (κ3) is 3.98. The molecule has 3 aromatic heterocycles. The Labute approximate surface area is 195 Å². The Bertz CT molecular complexity index is 1430. The van der Waals surface area contributed by atoms with Crippen LogP contribution in [0.15, 0.2) is 47.3 Å². The van der Waals surface area contributed by atoms with Gasteiger partial charge in [-0.05, 0) is 50.1 Å². The van der Waals surface area contributed by atoms with E-state index in [1.54, 1.807) is 22.6 Å². The van der Waals surface area contributed by atoms with Gasteiger partial charge in [0, 0.05) is 37.3 Å². The first-order valence-electron chi connectivity index (χ1n) is 11.1. The van der Waals surface area contributed by atoms with Gasteiger partial charge in [0.05, 0.1) is 11.4 Å². The Balaban J connectivity index is 1.54. The molecule has 1 saturated heterocycles. The standard InChI is InChI=1S/C24H25N7O3/c1-14-5-3-7-19(26-14)34-18-10-8-16(9-11-18)21-20-22(24(33)28-27-23(20)25)31(29-21)17-6-4-12-30(13-17)15(2)32/h3,5,7-11,17H,4,6,12-13H2,1-2H3,(H2,25,27)(H,28,33)/t17-/m1/s1. The lowest BCUT2D eigenvalue weighted by molar-refractivity contribution is -0.130. The van der Waals surface area contributed by atoms with Gasteiger partial charge < -0.3 is 15.4 Å². The largest absolute Gasteiger partial charge is 0.439 e. The summed E-state index contributed by atoms with van der Waals surface area (Å²) < 4.78 is 7.55. The zero-order chi connectivity index (χ0) is 23.8. The highest BCUT2D eigenvalue weighted by atomic mass is 16.5. The minimum absolute atomic E-state index is 0.00941. The summed E-state index contributed by atoms with van der Waals surface area (Å²) in [6, 6.07) is 12.8. The van der Waals surface area contributed by atoms with Crippen LogP contribution in [0.4, 0.5) is 5.82 Å². The van der Waals surface area contributed by atoms with Crippen molar-refractivity contribution in [3.05, 3.63) is 58.5 Å². The molecule has 4 heterocycles. The number of carbonyl (C=O) groups excluding carboxylic acids is 1. The monoisotopic (exact) mass is 459 g/mol. The molecule has 0 aliphatic carbocycles. The van der Waals surface area contributed by atoms with Gasteiger partial charge in [-0.3, -0.25) is 14.3 Å². The SMILES string of the molecule is CC(=O)N1CCC[C@@H](n2nc(-c3ccc(Oc4cccc(C)n4)cc3)c3c(N)n[nH]c(=O)c32)C1. The van der Waals surface area contributed by atoms with Gasteiger partial charge in [-0.1, -0.05) is 6.07 Å². The van der Waals surface area contributed by atoms with Gasteiger partial charge in [-0.2, -0.15) is 10.2 Å². The lowest BCUT2D eigenvalue weighted by atomic mass is 10.1. The fourth-order valence-electron chi connectivity index (χ4n) is 4.40. The zero-order valence-electron chi connectivity index (χ0n) is 19.0. The highest BCUT2D eigenvalue weighted by Gasteiger charge is 2.28. The van der Waals surface area contributed by atoms with E-state index in [1.807, 2.05) is 43.3 Å². The Morgan fingerprint density at radius 1 is 1.21 bits per heavy atom. The normalized spacial score (nSPS) is 16.1. The highest BCUT2D eigenvalue weighted by molar-refractivity contribution is 5.99. The van der Waals surface area contributed by atoms with E-state index in [4.69, 9.17) is 15.6 Å². The fraction of sp³-hybridized carbons (Fsp3) is 0.292. The molecule has 1 aliphatic rings. The molecule has 0 saturated carbocycles. The van der Waals surface area contributed by atoms with Crippen LogP contribution < -0.4 is 16.0 Å². The number of nitrogens with two attached hydrogens (primary N) is 1. The molecule has 4 aromatic rings. The first-order chi connectivity index (χ1) is 16.4. The second kappa shape index (κ2) is 8.62. The average Bonchev–Trinajstić information content (AvgIpc) is 3.24. The zero-order valence-corrected chi connectivity index (χ0v) is 19.0. The molecule has 174 valence electrons. The summed E-state index contributed by atoms with van der Waals surface area (Å²) in [5, 5.41) is 11.7. The van der Waals surface area contributed by atoms with Gasteiger partial charge in [0.1, 0.15) is 17.0 Å². The van der Waals surface area contributed by atoms with E-state index in [2.05, 4.69) is 15.2 Å². The van der Waals surface area contributed by atoms with Crippen molar-refractivity contribution in [1.82, 2.24) is 29.9 Å². The predicted molar refractivity (Wildman–Crippen MR) is 128 cm³/mol. The number of likely N-dealkylation sites (tertiary alicyclic amines) is 1. The Morgan fingerprint density at radius 3 is 2.74 bits per heavy atom. The number of rotatable bonds is 4. The Kier molecular flexibility index (Phi) is 5.48. The van der Waals surface area contributed by atoms with Crippen LogP contribution in [0.25, 0.3) is 22.2 Å². The minimum atomic E-state index is -0.367. The summed E-state index contributed by atoms with van der Waals surface area (Å²) in [6.07, 6.45) is 1.64. The number of fused-ring (bicyclic) bond motifs is 1. The Hall–Kier alpha value is -4.21. The molecular weight excluding hydrogens is 434 g/mol. The van der Waals surface area contributed by atoms with E-state index < -0.39 is 0 Å². The smallest absolute Gasteiger partial charge is 0.290 e. The van der Waals surface area contributed by atoms with Crippen molar-refractivity contribution in [2.24, 2.45) is 0 Å². The second-order valence-corrected chi connectivity index (χ2v) is 8.46. The molecule has 34 heavy (non-hydrogen) atoms. The van der Waals surface area contributed by atoms with E-state index in [-0.39, 0.29) is 23.3 Å². The molecule has 10 nitrogen and oxygen atoms in total. The van der Waals surface area contributed by atoms with E-state index >= 15 is 0 Å². The number of piperidine rings is 1. The van der Waals surface area contributed by atoms with Gasteiger partial charge in [0.15, 0.2) is 5.82 Å². The Morgan fingerprint density at radius 2 is 2.00 bits per heavy atom. The van der Waals surface area contributed by atoms with Crippen molar-refractivity contribution in [2.45, 2.75) is 32.7 Å². The van der Waals surface area contributed by atoms with E-state index in [1.165, 1.54) is 0 Å². The number of benzene rings is 1. The van der Waals surface area contributed by atoms with Gasteiger partial charge in [-0.15, -0.1) is 0 Å². The number of aryl methyl sites for hydroxylation is 1. The third-order valence-electron chi connectivity index (χ3n) is 6.06. The first kappa shape index (κ1) is 21.6. The number of nitrogen functional groups attached to an aromatic ring is 1. The topological polar surface area (TPSA) is 132 Å². The summed E-state index contributed by atoms with van der Waals surface area (Å²) in [5.74, 6) is 1.34. The maximum atomic E-state index is 12.8. The molecule has 1 fully saturated rings. The van der Waals surface area contributed by atoms with Crippen LogP contribution in [0.2, 0.25) is 0 Å². The first-order valence-corrected chi connectivity index (χ1v) is 11.1. The summed E-state index contributed by atoms with van der Waals surface area (Å²) in [5.41, 5.74) is 8.39. The van der Waals surface area contributed by atoms with Crippen molar-refractivity contribution in [3.63, 3.8) is 0 Å². The number of hydrogen-bond acceptors (Lipinski definition) is 7. The second-order valence-electron chi connectivity index (χ2n) is 8.46. The van der Waals surface area contributed by atoms with Crippen LogP contribution in [0.5, 0.6) is 11.6 Å². The number of carbonyl (C=O) groups is 1. The number of pyridine rings is 1. The number of aromatic amines is 1. The summed E-state index contributed by atoms with van der Waals surface area (Å²) in [7, 11) is 0. The predicted octanol–water partition coefficient (Wildman–Crippen LogP) is 3.05. The van der Waals surface area contributed by atoms with Crippen molar-refractivity contribution in [3.8, 4) is 22.9 Å². The molecule has 1 aliphatic heterocycles. The number of anilines is 1. The van der Waals surface area contributed by atoms with Crippen LogP contribution in [-0.4, -0.2) is 48.9 Å². The van der Waals surface area contributed by atoms with E-state index in [9.17, 15) is 9.59 Å². The van der Waals surface area contributed by atoms with Crippen molar-refractivity contribution < 1.29 is 9.53 Å². The quantitative estimate of drug-likeness (QED) is 0.479. The molecule has 0 bridgehead atoms. The maximum Gasteiger partial charge on any atom is 0.290 e. The molecule has 10 heteroatoms. The summed E-state index contributed by atoms with van der Waals surface area (Å²) in [4.78, 5) is 30.9. The number of aromatic nitrogens is 5. The van der Waals surface area contributed by atoms with E-state index in [0.717, 1.165) is 24.1 Å². The van der Waals surface area contributed by atoms with Crippen LogP contribution >= 0.6 is 0 Å². The van der Waals surface area contributed by atoms with Gasteiger partial charge >= 0.3 is 0 Å². The summed E-state index contributed by atoms with van der Waals surface area (Å²) in [6.45, 7) is 4.65. The number of nitrogens with one attached hydrogen (secondary N) is 1. The van der Waals surface area contributed by atoms with Gasteiger partial charge in [0.2, 0.25) is 11.8 Å². The van der Waals surface area contributed by atoms with Gasteiger partial charge in [0.25, 0.3) is 5.56 Å². The molecule has 5 rings (SSSR count). The van der Waals surface area contributed by atoms with Crippen LogP contribution in [0, 0.1) is 6.92 Å². The lowest BCUT2D eigenvalue weighted by Crippen LogP contribution is -2.40. The molecule has 0 spiro atoms. The van der Waals surface area contributed by atoms with Crippen molar-refractivity contribution >= 4 is 22.6 Å². The number of nitrogens with zero attached hydrogens (tertiary/aromatic N) is 5. The molecular formula is C24H25N7O3.